The Morgan fingerprint density at radius 2 is 1.79 bits per heavy atom. The molecule has 7 nitrogen and oxygen atoms in total. The molecule has 0 aromatic heterocycles. The van der Waals surface area contributed by atoms with E-state index in [0.29, 0.717) is 42.5 Å². The van der Waals surface area contributed by atoms with E-state index in [2.05, 4.69) is 10.2 Å². The SMILES string of the molecule is N#Cc1ccc(NC(=O)COCC(=O)N2CCN(c3cccc(Cl)c3)CC2)cc1. The number of amides is 2. The van der Waals surface area contributed by atoms with Gasteiger partial charge in [-0.15, -0.1) is 0 Å². The van der Waals surface area contributed by atoms with Crippen LogP contribution in [-0.2, 0) is 14.3 Å². The number of piperazine rings is 1. The van der Waals surface area contributed by atoms with Crippen molar-refractivity contribution >= 4 is 34.8 Å². The predicted octanol–water partition coefficient (Wildman–Crippen LogP) is 2.52. The first kappa shape index (κ1) is 20.6. The third-order valence-electron chi connectivity index (χ3n) is 4.56. The van der Waals surface area contributed by atoms with Gasteiger partial charge in [-0.1, -0.05) is 17.7 Å². The summed E-state index contributed by atoms with van der Waals surface area (Å²) >= 11 is 6.04. The van der Waals surface area contributed by atoms with Crippen molar-refractivity contribution in [2.45, 2.75) is 0 Å². The number of anilines is 2. The van der Waals surface area contributed by atoms with Gasteiger partial charge in [0.05, 0.1) is 11.6 Å². The Kier molecular flexibility index (Phi) is 7.06. The van der Waals surface area contributed by atoms with Crippen molar-refractivity contribution in [2.75, 3.05) is 49.6 Å². The van der Waals surface area contributed by atoms with E-state index < -0.39 is 0 Å². The smallest absolute Gasteiger partial charge is 0.250 e. The number of benzene rings is 2. The normalized spacial score (nSPS) is 13.7. The van der Waals surface area contributed by atoms with Crippen LogP contribution < -0.4 is 10.2 Å². The van der Waals surface area contributed by atoms with E-state index in [4.69, 9.17) is 21.6 Å². The van der Waals surface area contributed by atoms with E-state index in [0.717, 1.165) is 5.69 Å². The van der Waals surface area contributed by atoms with Gasteiger partial charge in [0.2, 0.25) is 11.8 Å². The molecule has 3 rings (SSSR count). The van der Waals surface area contributed by atoms with Crippen molar-refractivity contribution in [3.8, 4) is 6.07 Å². The van der Waals surface area contributed by atoms with Crippen LogP contribution in [0.3, 0.4) is 0 Å². The second kappa shape index (κ2) is 9.92. The van der Waals surface area contributed by atoms with Crippen LogP contribution in [0.5, 0.6) is 0 Å². The van der Waals surface area contributed by atoms with E-state index in [-0.39, 0.29) is 25.0 Å². The van der Waals surface area contributed by atoms with Crippen molar-refractivity contribution in [3.05, 3.63) is 59.1 Å². The summed E-state index contributed by atoms with van der Waals surface area (Å²) in [5.41, 5.74) is 2.13. The molecule has 8 heteroatoms. The molecule has 0 aliphatic carbocycles. The number of nitriles is 1. The van der Waals surface area contributed by atoms with Gasteiger partial charge in [0.15, 0.2) is 0 Å². The first-order valence-electron chi connectivity index (χ1n) is 9.21. The molecule has 0 saturated carbocycles. The molecule has 1 N–H and O–H groups in total. The second-order valence-electron chi connectivity index (χ2n) is 6.58. The summed E-state index contributed by atoms with van der Waals surface area (Å²) in [7, 11) is 0. The van der Waals surface area contributed by atoms with Crippen LogP contribution in [-0.4, -0.2) is 56.1 Å². The first-order valence-corrected chi connectivity index (χ1v) is 9.59. The maximum absolute atomic E-state index is 12.3. The number of ether oxygens (including phenoxy) is 1. The number of nitrogens with zero attached hydrogens (tertiary/aromatic N) is 3. The largest absolute Gasteiger partial charge is 0.368 e. The Morgan fingerprint density at radius 3 is 2.45 bits per heavy atom. The fourth-order valence-corrected chi connectivity index (χ4v) is 3.22. The quantitative estimate of drug-likeness (QED) is 0.787. The maximum Gasteiger partial charge on any atom is 0.250 e. The number of halogens is 1. The minimum absolute atomic E-state index is 0.137. The number of nitrogens with one attached hydrogen (secondary N) is 1. The summed E-state index contributed by atoms with van der Waals surface area (Å²) in [6.45, 7) is 2.25. The van der Waals surface area contributed by atoms with Gasteiger partial charge >= 0.3 is 0 Å². The van der Waals surface area contributed by atoms with Crippen LogP contribution in [0.25, 0.3) is 0 Å². The summed E-state index contributed by atoms with van der Waals surface area (Å²) in [6.07, 6.45) is 0. The van der Waals surface area contributed by atoms with Gasteiger partial charge < -0.3 is 19.9 Å². The lowest BCUT2D eigenvalue weighted by Gasteiger charge is -2.36. The maximum atomic E-state index is 12.3. The summed E-state index contributed by atoms with van der Waals surface area (Å²) in [5.74, 6) is -0.491. The van der Waals surface area contributed by atoms with Crippen LogP contribution in [0, 0.1) is 11.3 Å². The highest BCUT2D eigenvalue weighted by Crippen LogP contribution is 2.20. The molecule has 2 aromatic carbocycles. The number of hydrogen-bond acceptors (Lipinski definition) is 5. The molecular weight excluding hydrogens is 392 g/mol. The highest BCUT2D eigenvalue weighted by atomic mass is 35.5. The second-order valence-corrected chi connectivity index (χ2v) is 7.01. The van der Waals surface area contributed by atoms with Crippen LogP contribution in [0.15, 0.2) is 48.5 Å². The number of carbonyl (C=O) groups excluding carboxylic acids is 2. The van der Waals surface area contributed by atoms with Crippen molar-refractivity contribution in [1.29, 1.82) is 5.26 Å². The van der Waals surface area contributed by atoms with Crippen molar-refractivity contribution in [3.63, 3.8) is 0 Å². The van der Waals surface area contributed by atoms with Gasteiger partial charge in [-0.05, 0) is 42.5 Å². The lowest BCUT2D eigenvalue weighted by Crippen LogP contribution is -2.49. The summed E-state index contributed by atoms with van der Waals surface area (Å²) in [6, 6.07) is 16.2. The Hall–Kier alpha value is -3.08. The molecule has 2 amide bonds. The standard InChI is InChI=1S/C21H21ClN4O3/c22-17-2-1-3-19(12-17)25-8-10-26(11-9-25)21(28)15-29-14-20(27)24-18-6-4-16(13-23)5-7-18/h1-7,12H,8-11,14-15H2,(H,24,27). The van der Waals surface area contributed by atoms with Crippen molar-refractivity contribution in [2.24, 2.45) is 0 Å². The molecule has 1 heterocycles. The average Bonchev–Trinajstić information content (AvgIpc) is 2.74. The fraction of sp³-hybridized carbons (Fsp3) is 0.286. The molecule has 0 spiro atoms. The molecule has 2 aromatic rings. The molecule has 1 saturated heterocycles. The summed E-state index contributed by atoms with van der Waals surface area (Å²) in [5, 5.41) is 12.1. The third kappa shape index (κ3) is 5.95. The predicted molar refractivity (Wildman–Crippen MR) is 111 cm³/mol. The molecule has 0 bridgehead atoms. The molecule has 1 aliphatic rings. The van der Waals surface area contributed by atoms with Gasteiger partial charge in [0, 0.05) is 42.6 Å². The van der Waals surface area contributed by atoms with Gasteiger partial charge in [-0.2, -0.15) is 5.26 Å². The van der Waals surface area contributed by atoms with Crippen molar-refractivity contribution in [1.82, 2.24) is 4.90 Å². The lowest BCUT2D eigenvalue weighted by atomic mass is 10.2. The van der Waals surface area contributed by atoms with E-state index in [1.54, 1.807) is 29.2 Å². The molecule has 0 radical (unpaired) electrons. The minimum Gasteiger partial charge on any atom is -0.368 e. The van der Waals surface area contributed by atoms with Crippen LogP contribution in [0.2, 0.25) is 5.02 Å². The van der Waals surface area contributed by atoms with Crippen LogP contribution >= 0.6 is 11.6 Å². The zero-order valence-corrected chi connectivity index (χ0v) is 16.6. The van der Waals surface area contributed by atoms with E-state index in [1.807, 2.05) is 30.3 Å². The highest BCUT2D eigenvalue weighted by Gasteiger charge is 2.21. The van der Waals surface area contributed by atoms with Crippen LogP contribution in [0.4, 0.5) is 11.4 Å². The molecular formula is C21H21ClN4O3. The molecule has 150 valence electrons. The lowest BCUT2D eigenvalue weighted by molar-refractivity contribution is -0.137. The molecule has 0 atom stereocenters. The molecule has 29 heavy (non-hydrogen) atoms. The Bertz CT molecular complexity index is 903. The Morgan fingerprint density at radius 1 is 1.07 bits per heavy atom. The zero-order chi connectivity index (χ0) is 20.6. The van der Waals surface area contributed by atoms with E-state index >= 15 is 0 Å². The van der Waals surface area contributed by atoms with Crippen molar-refractivity contribution < 1.29 is 14.3 Å². The zero-order valence-electron chi connectivity index (χ0n) is 15.8. The van der Waals surface area contributed by atoms with Crippen LogP contribution in [0.1, 0.15) is 5.56 Å². The fourth-order valence-electron chi connectivity index (χ4n) is 3.03. The number of rotatable bonds is 6. The third-order valence-corrected chi connectivity index (χ3v) is 4.80. The minimum atomic E-state index is -0.353. The Labute approximate surface area is 174 Å². The number of hydrogen-bond donors (Lipinski definition) is 1. The van der Waals surface area contributed by atoms with Gasteiger partial charge in [0.25, 0.3) is 0 Å². The molecule has 0 unspecified atom stereocenters. The number of carbonyl (C=O) groups is 2. The van der Waals surface area contributed by atoms with E-state index in [1.165, 1.54) is 0 Å². The summed E-state index contributed by atoms with van der Waals surface area (Å²) < 4.78 is 5.27. The highest BCUT2D eigenvalue weighted by molar-refractivity contribution is 6.30. The molecule has 1 aliphatic heterocycles. The van der Waals surface area contributed by atoms with Gasteiger partial charge in [-0.25, -0.2) is 0 Å². The average molecular weight is 413 g/mol. The first-order chi connectivity index (χ1) is 14.0. The van der Waals surface area contributed by atoms with Gasteiger partial charge in [-0.3, -0.25) is 9.59 Å². The van der Waals surface area contributed by atoms with E-state index in [9.17, 15) is 9.59 Å². The molecule has 1 fully saturated rings. The Balaban J connectivity index is 1.37. The topological polar surface area (TPSA) is 85.7 Å². The monoisotopic (exact) mass is 412 g/mol. The van der Waals surface area contributed by atoms with Gasteiger partial charge in [0.1, 0.15) is 13.2 Å². The summed E-state index contributed by atoms with van der Waals surface area (Å²) in [4.78, 5) is 28.1.